The van der Waals surface area contributed by atoms with Crippen molar-refractivity contribution in [1.29, 1.82) is 0 Å². The maximum Gasteiger partial charge on any atom is 0.433 e. The Morgan fingerprint density at radius 2 is 1.84 bits per heavy atom. The topological polar surface area (TPSA) is 77.5 Å². The summed E-state index contributed by atoms with van der Waals surface area (Å²) < 4.78 is 77.7. The maximum atomic E-state index is 14.8. The van der Waals surface area contributed by atoms with Crippen LogP contribution in [0.1, 0.15) is 43.2 Å². The first-order valence-electron chi connectivity index (χ1n) is 12.0. The second-order valence-corrected chi connectivity index (χ2v) is 9.57. The van der Waals surface area contributed by atoms with Crippen molar-refractivity contribution in [3.8, 4) is 11.3 Å². The van der Waals surface area contributed by atoms with E-state index in [0.29, 0.717) is 31.3 Å². The van der Waals surface area contributed by atoms with Crippen molar-refractivity contribution in [2.75, 3.05) is 18.0 Å². The summed E-state index contributed by atoms with van der Waals surface area (Å²) in [5.41, 5.74) is -2.71. The van der Waals surface area contributed by atoms with E-state index in [1.54, 1.807) is 6.20 Å². The van der Waals surface area contributed by atoms with E-state index in [0.717, 1.165) is 34.9 Å². The first-order valence-corrected chi connectivity index (χ1v) is 12.0. The quantitative estimate of drug-likeness (QED) is 0.359. The lowest BCUT2D eigenvalue weighted by Crippen LogP contribution is -2.43. The minimum absolute atomic E-state index is 0.203. The Bertz CT molecular complexity index is 1600. The zero-order chi connectivity index (χ0) is 26.8. The minimum Gasteiger partial charge on any atom is -0.367 e. The van der Waals surface area contributed by atoms with Crippen LogP contribution in [0.4, 0.5) is 27.8 Å². The molecule has 1 saturated carbocycles. The largest absolute Gasteiger partial charge is 0.433 e. The number of alkyl halides is 3. The lowest BCUT2D eigenvalue weighted by molar-refractivity contribution is -0.141. The highest BCUT2D eigenvalue weighted by Gasteiger charge is 2.35. The zero-order valence-electron chi connectivity index (χ0n) is 20.0. The fourth-order valence-corrected chi connectivity index (χ4v) is 4.63. The SMILES string of the molecule is CC1CN(c2cn3c(=O)cc(C(F)(F)F)nc3c(-c3ccc(F)cc3F)n2)CC(c2cnn(C3CC3)c2)O1. The maximum absolute atomic E-state index is 14.8. The monoisotopic (exact) mass is 532 g/mol. The van der Waals surface area contributed by atoms with E-state index in [9.17, 15) is 26.7 Å². The molecule has 2 unspecified atom stereocenters. The van der Waals surface area contributed by atoms with Gasteiger partial charge in [0.05, 0.1) is 31.1 Å². The highest BCUT2D eigenvalue weighted by atomic mass is 19.4. The van der Waals surface area contributed by atoms with Crippen LogP contribution < -0.4 is 10.5 Å². The molecule has 0 amide bonds. The highest BCUT2D eigenvalue weighted by Crippen LogP contribution is 2.36. The van der Waals surface area contributed by atoms with Crippen molar-refractivity contribution in [3.05, 3.63) is 76.1 Å². The molecule has 198 valence electrons. The Hall–Kier alpha value is -3.87. The van der Waals surface area contributed by atoms with Gasteiger partial charge in [0.25, 0.3) is 5.56 Å². The Kier molecular flexibility index (Phi) is 5.70. The second kappa shape index (κ2) is 8.86. The molecule has 13 heteroatoms. The molecule has 0 N–H and O–H groups in total. The average Bonchev–Trinajstić information content (AvgIpc) is 3.59. The first-order chi connectivity index (χ1) is 18.1. The zero-order valence-corrected chi connectivity index (χ0v) is 20.0. The normalized spacial score (nSPS) is 20.3. The predicted molar refractivity (Wildman–Crippen MR) is 126 cm³/mol. The van der Waals surface area contributed by atoms with Crippen molar-refractivity contribution < 1.29 is 26.7 Å². The average molecular weight is 532 g/mol. The van der Waals surface area contributed by atoms with E-state index in [2.05, 4.69) is 15.1 Å². The molecular formula is C25H21F5N6O2. The number of rotatable bonds is 4. The number of aromatic nitrogens is 5. The van der Waals surface area contributed by atoms with Gasteiger partial charge >= 0.3 is 6.18 Å². The summed E-state index contributed by atoms with van der Waals surface area (Å²) >= 11 is 0. The summed E-state index contributed by atoms with van der Waals surface area (Å²) in [6.07, 6.45) is 1.50. The van der Waals surface area contributed by atoms with Crippen molar-refractivity contribution in [2.45, 2.75) is 44.2 Å². The van der Waals surface area contributed by atoms with Crippen LogP contribution >= 0.6 is 0 Å². The lowest BCUT2D eigenvalue weighted by atomic mass is 10.1. The number of morpholine rings is 1. The van der Waals surface area contributed by atoms with E-state index in [1.165, 1.54) is 6.20 Å². The van der Waals surface area contributed by atoms with Gasteiger partial charge < -0.3 is 9.64 Å². The highest BCUT2D eigenvalue weighted by molar-refractivity contribution is 5.75. The van der Waals surface area contributed by atoms with Crippen LogP contribution in [-0.4, -0.2) is 43.3 Å². The smallest absolute Gasteiger partial charge is 0.367 e. The van der Waals surface area contributed by atoms with Gasteiger partial charge in [-0.05, 0) is 31.9 Å². The molecule has 0 spiro atoms. The summed E-state index contributed by atoms with van der Waals surface area (Å²) in [5.74, 6) is -1.72. The molecule has 8 nitrogen and oxygen atoms in total. The van der Waals surface area contributed by atoms with Crippen molar-refractivity contribution in [1.82, 2.24) is 24.1 Å². The minimum atomic E-state index is -4.91. The van der Waals surface area contributed by atoms with Crippen molar-refractivity contribution in [2.24, 2.45) is 0 Å². The molecule has 2 atom stereocenters. The number of nitrogens with zero attached hydrogens (tertiary/aromatic N) is 6. The Balaban J connectivity index is 1.47. The van der Waals surface area contributed by atoms with E-state index in [1.807, 2.05) is 22.7 Å². The van der Waals surface area contributed by atoms with Crippen LogP contribution in [0.3, 0.4) is 0 Å². The van der Waals surface area contributed by atoms with Gasteiger partial charge in [-0.2, -0.15) is 18.3 Å². The molecule has 6 rings (SSSR count). The molecule has 4 aromatic rings. The van der Waals surface area contributed by atoms with E-state index < -0.39 is 40.8 Å². The summed E-state index contributed by atoms with van der Waals surface area (Å²) in [6, 6.07) is 3.37. The molecule has 3 aromatic heterocycles. The van der Waals surface area contributed by atoms with Gasteiger partial charge in [-0.25, -0.2) is 18.7 Å². The number of hydrogen-bond donors (Lipinski definition) is 0. The fraction of sp³-hybridized carbons (Fsp3) is 0.360. The summed E-state index contributed by atoms with van der Waals surface area (Å²) in [4.78, 5) is 22.7. The third kappa shape index (κ3) is 4.51. The predicted octanol–water partition coefficient (Wildman–Crippen LogP) is 4.55. The number of anilines is 1. The van der Waals surface area contributed by atoms with Gasteiger partial charge in [-0.15, -0.1) is 0 Å². The molecule has 38 heavy (non-hydrogen) atoms. The Labute approximate surface area is 212 Å². The summed E-state index contributed by atoms with van der Waals surface area (Å²) in [7, 11) is 0. The van der Waals surface area contributed by atoms with Crippen LogP contribution in [0.2, 0.25) is 0 Å². The lowest BCUT2D eigenvalue weighted by Gasteiger charge is -2.37. The number of hydrogen-bond acceptors (Lipinski definition) is 6. The van der Waals surface area contributed by atoms with Gasteiger partial charge in [0.1, 0.15) is 29.3 Å². The Morgan fingerprint density at radius 1 is 1.05 bits per heavy atom. The van der Waals surface area contributed by atoms with Gasteiger partial charge in [0, 0.05) is 36.0 Å². The third-order valence-corrected chi connectivity index (χ3v) is 6.61. The Morgan fingerprint density at radius 3 is 2.55 bits per heavy atom. The molecule has 0 bridgehead atoms. The second-order valence-electron chi connectivity index (χ2n) is 9.57. The van der Waals surface area contributed by atoms with E-state index in [-0.39, 0.29) is 23.2 Å². The molecular weight excluding hydrogens is 511 g/mol. The van der Waals surface area contributed by atoms with E-state index >= 15 is 0 Å². The number of fused-ring (bicyclic) bond motifs is 1. The molecule has 4 heterocycles. The molecule has 1 aliphatic heterocycles. The first kappa shape index (κ1) is 24.5. The van der Waals surface area contributed by atoms with Crippen LogP contribution in [-0.2, 0) is 10.9 Å². The van der Waals surface area contributed by atoms with Crippen LogP contribution in [0.15, 0.2) is 47.7 Å². The molecule has 2 fully saturated rings. The summed E-state index contributed by atoms with van der Waals surface area (Å²) in [5, 5.41) is 4.41. The van der Waals surface area contributed by atoms with Gasteiger partial charge in [0.2, 0.25) is 0 Å². The van der Waals surface area contributed by atoms with Gasteiger partial charge in [0.15, 0.2) is 11.3 Å². The van der Waals surface area contributed by atoms with Crippen molar-refractivity contribution in [3.63, 3.8) is 0 Å². The van der Waals surface area contributed by atoms with Gasteiger partial charge in [-0.3, -0.25) is 13.9 Å². The number of ether oxygens (including phenoxy) is 1. The number of benzene rings is 1. The molecule has 2 aliphatic rings. The van der Waals surface area contributed by atoms with Crippen LogP contribution in [0.25, 0.3) is 16.9 Å². The third-order valence-electron chi connectivity index (χ3n) is 6.61. The van der Waals surface area contributed by atoms with E-state index in [4.69, 9.17) is 4.74 Å². The number of halogens is 5. The molecule has 1 aromatic carbocycles. The van der Waals surface area contributed by atoms with Gasteiger partial charge in [-0.1, -0.05) is 0 Å². The summed E-state index contributed by atoms with van der Waals surface area (Å²) in [6.45, 7) is 2.50. The van der Waals surface area contributed by atoms with Crippen molar-refractivity contribution >= 4 is 11.5 Å². The standard InChI is InChI=1S/C25H21F5N6O2/c1-13-9-34(11-19(38-13)14-8-31-36(10-14)16-3-4-16)21-12-35-22(37)7-20(25(28,29)30)32-24(35)23(33-21)17-5-2-15(26)6-18(17)27/h2,5-8,10,12-13,16,19H,3-4,9,11H2,1H3. The molecule has 0 radical (unpaired) electrons. The van der Waals surface area contributed by atoms with Crippen LogP contribution in [0, 0.1) is 11.6 Å². The van der Waals surface area contributed by atoms with Crippen LogP contribution in [0.5, 0.6) is 0 Å². The molecule has 1 aliphatic carbocycles. The molecule has 1 saturated heterocycles. The fourth-order valence-electron chi connectivity index (χ4n) is 4.63.